The number of nitrogens with one attached hydrogen (secondary N) is 1. The van der Waals surface area contributed by atoms with E-state index < -0.39 is 0 Å². The number of aromatic nitrogens is 2. The van der Waals surface area contributed by atoms with Crippen molar-refractivity contribution in [3.63, 3.8) is 0 Å². The predicted octanol–water partition coefficient (Wildman–Crippen LogP) is 4.17. The topological polar surface area (TPSA) is 63.9 Å². The van der Waals surface area contributed by atoms with Crippen molar-refractivity contribution in [3.8, 4) is 17.3 Å². The maximum atomic E-state index is 6.35. The molecule has 4 nitrogen and oxygen atoms in total. The van der Waals surface area contributed by atoms with Crippen LogP contribution in [0, 0.1) is 0 Å². The van der Waals surface area contributed by atoms with Crippen LogP contribution in [0.15, 0.2) is 36.4 Å². The van der Waals surface area contributed by atoms with E-state index >= 15 is 0 Å². The average Bonchev–Trinajstić information content (AvgIpc) is 2.95. The number of unbranched alkanes of at least 4 members (excludes halogenated alkanes) is 1. The Morgan fingerprint density at radius 2 is 2.00 bits per heavy atom. The summed E-state index contributed by atoms with van der Waals surface area (Å²) in [5, 5.41) is 1.87. The number of H-pyrrole nitrogens is 1. The van der Waals surface area contributed by atoms with E-state index in [2.05, 4.69) is 16.0 Å². The number of aryl methyl sites for hydroxylation is 1. The summed E-state index contributed by atoms with van der Waals surface area (Å²) < 4.78 is 5.24. The molecule has 0 bridgehead atoms. The van der Waals surface area contributed by atoms with Crippen LogP contribution >= 0.6 is 11.6 Å². The summed E-state index contributed by atoms with van der Waals surface area (Å²) in [6.45, 7) is 0.704. The van der Waals surface area contributed by atoms with Crippen molar-refractivity contribution >= 4 is 22.5 Å². The van der Waals surface area contributed by atoms with Gasteiger partial charge in [-0.3, -0.25) is 0 Å². The quantitative estimate of drug-likeness (QED) is 0.667. The first-order valence-corrected chi connectivity index (χ1v) is 8.13. The lowest BCUT2D eigenvalue weighted by Crippen LogP contribution is -1.99. The predicted molar refractivity (Wildman–Crippen MR) is 95.1 cm³/mol. The summed E-state index contributed by atoms with van der Waals surface area (Å²) >= 11 is 6.35. The fraction of sp³-hybridized carbons (Fsp3) is 0.278. The Morgan fingerprint density at radius 1 is 1.17 bits per heavy atom. The van der Waals surface area contributed by atoms with Gasteiger partial charge in [0, 0.05) is 11.5 Å². The molecule has 0 amide bonds. The average molecular weight is 330 g/mol. The van der Waals surface area contributed by atoms with Crippen LogP contribution in [-0.4, -0.2) is 23.6 Å². The third-order valence-electron chi connectivity index (χ3n) is 3.96. The Hall–Kier alpha value is -2.04. The van der Waals surface area contributed by atoms with Gasteiger partial charge in [0.05, 0.1) is 29.0 Å². The zero-order valence-electron chi connectivity index (χ0n) is 13.1. The third kappa shape index (κ3) is 3.19. The highest BCUT2D eigenvalue weighted by atomic mass is 35.5. The molecule has 0 saturated carbocycles. The second kappa shape index (κ2) is 7.02. The molecule has 0 aliphatic rings. The van der Waals surface area contributed by atoms with E-state index in [1.807, 2.05) is 30.3 Å². The van der Waals surface area contributed by atoms with Crippen LogP contribution in [0.2, 0.25) is 5.02 Å². The van der Waals surface area contributed by atoms with Crippen LogP contribution in [0.1, 0.15) is 18.4 Å². The fourth-order valence-corrected chi connectivity index (χ4v) is 3.05. The number of nitrogens with zero attached hydrogens (tertiary/aromatic N) is 1. The number of hydrogen-bond donors (Lipinski definition) is 2. The van der Waals surface area contributed by atoms with Crippen LogP contribution in [0.3, 0.4) is 0 Å². The van der Waals surface area contributed by atoms with Crippen LogP contribution in [0.5, 0.6) is 5.88 Å². The highest BCUT2D eigenvalue weighted by Crippen LogP contribution is 2.34. The van der Waals surface area contributed by atoms with Crippen molar-refractivity contribution in [2.24, 2.45) is 5.73 Å². The molecule has 120 valence electrons. The first-order chi connectivity index (χ1) is 11.2. The Bertz CT molecular complexity index is 813. The molecule has 3 aromatic rings. The van der Waals surface area contributed by atoms with Crippen molar-refractivity contribution < 1.29 is 4.74 Å². The van der Waals surface area contributed by atoms with Gasteiger partial charge in [0.15, 0.2) is 0 Å². The van der Waals surface area contributed by atoms with E-state index in [9.17, 15) is 0 Å². The second-order valence-electron chi connectivity index (χ2n) is 5.45. The molecular formula is C18H20ClN3O. The molecule has 3 rings (SSSR count). The lowest BCUT2D eigenvalue weighted by molar-refractivity contribution is 0.398. The number of halogens is 1. The summed E-state index contributed by atoms with van der Waals surface area (Å²) in [6.07, 6.45) is 2.97. The third-order valence-corrected chi connectivity index (χ3v) is 4.28. The molecule has 1 aromatic carbocycles. The Labute approximate surface area is 140 Å². The summed E-state index contributed by atoms with van der Waals surface area (Å²) in [5.41, 5.74) is 9.69. The molecular weight excluding hydrogens is 310 g/mol. The van der Waals surface area contributed by atoms with Gasteiger partial charge in [0.25, 0.3) is 0 Å². The van der Waals surface area contributed by atoms with E-state index in [0.29, 0.717) is 12.4 Å². The number of nitrogens with two attached hydrogens (primary N) is 1. The number of fused-ring (bicyclic) bond motifs is 1. The minimum Gasteiger partial charge on any atom is -0.481 e. The van der Waals surface area contributed by atoms with Crippen molar-refractivity contribution in [1.82, 2.24) is 9.97 Å². The molecule has 0 radical (unpaired) electrons. The van der Waals surface area contributed by atoms with Gasteiger partial charge in [-0.2, -0.15) is 0 Å². The molecule has 0 unspecified atom stereocenters. The highest BCUT2D eigenvalue weighted by molar-refractivity contribution is 6.35. The van der Waals surface area contributed by atoms with Gasteiger partial charge in [0.2, 0.25) is 5.88 Å². The van der Waals surface area contributed by atoms with Gasteiger partial charge in [-0.15, -0.1) is 0 Å². The van der Waals surface area contributed by atoms with Crippen molar-refractivity contribution in [3.05, 3.63) is 47.0 Å². The van der Waals surface area contributed by atoms with Crippen molar-refractivity contribution in [2.45, 2.75) is 19.3 Å². The van der Waals surface area contributed by atoms with Gasteiger partial charge < -0.3 is 15.5 Å². The number of benzene rings is 1. The minimum atomic E-state index is 0.597. The molecule has 2 aromatic heterocycles. The molecule has 3 N–H and O–H groups in total. The zero-order valence-corrected chi connectivity index (χ0v) is 13.9. The maximum Gasteiger partial charge on any atom is 0.213 e. The summed E-state index contributed by atoms with van der Waals surface area (Å²) in [7, 11) is 1.62. The zero-order chi connectivity index (χ0) is 16.2. The molecule has 0 aliphatic heterocycles. The summed E-state index contributed by atoms with van der Waals surface area (Å²) in [5.74, 6) is 0.597. The Balaban J connectivity index is 2.13. The number of methoxy groups -OCH3 is 1. The SMILES string of the molecule is COc1cccc(-c2[nH]c3c(Cl)cccc3c2CCCCN)n1. The van der Waals surface area contributed by atoms with Gasteiger partial charge in [-0.1, -0.05) is 29.8 Å². The monoisotopic (exact) mass is 329 g/mol. The molecule has 0 saturated heterocycles. The summed E-state index contributed by atoms with van der Waals surface area (Å²) in [4.78, 5) is 8.00. The van der Waals surface area contributed by atoms with E-state index in [1.54, 1.807) is 7.11 Å². The lowest BCUT2D eigenvalue weighted by Gasteiger charge is -2.06. The number of hydrogen-bond acceptors (Lipinski definition) is 3. The number of ether oxygens (including phenoxy) is 1. The van der Waals surface area contributed by atoms with E-state index in [1.165, 1.54) is 5.56 Å². The van der Waals surface area contributed by atoms with E-state index in [-0.39, 0.29) is 0 Å². The van der Waals surface area contributed by atoms with Crippen LogP contribution in [-0.2, 0) is 6.42 Å². The van der Waals surface area contributed by atoms with Gasteiger partial charge >= 0.3 is 0 Å². The van der Waals surface area contributed by atoms with E-state index in [0.717, 1.165) is 46.6 Å². The van der Waals surface area contributed by atoms with Crippen LogP contribution in [0.4, 0.5) is 0 Å². The van der Waals surface area contributed by atoms with Gasteiger partial charge in [-0.05, 0) is 43.5 Å². The van der Waals surface area contributed by atoms with E-state index in [4.69, 9.17) is 22.1 Å². The maximum absolute atomic E-state index is 6.35. The number of para-hydroxylation sites is 1. The second-order valence-corrected chi connectivity index (χ2v) is 5.86. The standard InChI is InChI=1S/C18H20ClN3O/c1-23-16-10-5-9-15(21-16)18-13(6-2-3-11-20)12-7-4-8-14(19)17(12)22-18/h4-5,7-10,22H,2-3,6,11,20H2,1H3. The molecule has 0 aliphatic carbocycles. The lowest BCUT2D eigenvalue weighted by atomic mass is 10.0. The van der Waals surface area contributed by atoms with Crippen molar-refractivity contribution in [2.75, 3.05) is 13.7 Å². The Morgan fingerprint density at radius 3 is 2.78 bits per heavy atom. The minimum absolute atomic E-state index is 0.597. The number of pyridine rings is 1. The first-order valence-electron chi connectivity index (χ1n) is 7.75. The largest absolute Gasteiger partial charge is 0.481 e. The molecule has 2 heterocycles. The van der Waals surface area contributed by atoms with Gasteiger partial charge in [0.1, 0.15) is 0 Å². The number of rotatable bonds is 6. The molecule has 5 heteroatoms. The smallest absolute Gasteiger partial charge is 0.213 e. The first kappa shape index (κ1) is 15.8. The molecule has 23 heavy (non-hydrogen) atoms. The molecule has 0 spiro atoms. The molecule has 0 atom stereocenters. The summed E-state index contributed by atoms with van der Waals surface area (Å²) in [6, 6.07) is 11.7. The fourth-order valence-electron chi connectivity index (χ4n) is 2.83. The van der Waals surface area contributed by atoms with Gasteiger partial charge in [-0.25, -0.2) is 4.98 Å². The van der Waals surface area contributed by atoms with Crippen LogP contribution in [0.25, 0.3) is 22.3 Å². The normalized spacial score (nSPS) is 11.1. The Kier molecular flexibility index (Phi) is 4.84. The highest BCUT2D eigenvalue weighted by Gasteiger charge is 2.16. The number of aromatic amines is 1. The van der Waals surface area contributed by atoms with Crippen LogP contribution < -0.4 is 10.5 Å². The molecule has 0 fully saturated rings. The van der Waals surface area contributed by atoms with Crippen molar-refractivity contribution in [1.29, 1.82) is 0 Å².